The lowest BCUT2D eigenvalue weighted by Gasteiger charge is -2.12. The van der Waals surface area contributed by atoms with Gasteiger partial charge < -0.3 is 20.3 Å². The summed E-state index contributed by atoms with van der Waals surface area (Å²) in [4.78, 5) is 22.5. The van der Waals surface area contributed by atoms with Crippen molar-refractivity contribution in [3.05, 3.63) is 65.5 Å². The van der Waals surface area contributed by atoms with Gasteiger partial charge >= 0.3 is 0 Å². The van der Waals surface area contributed by atoms with Gasteiger partial charge in [-0.1, -0.05) is 12.1 Å². The molecule has 0 aliphatic carbocycles. The highest BCUT2D eigenvalue weighted by Crippen LogP contribution is 2.18. The van der Waals surface area contributed by atoms with E-state index >= 15 is 0 Å². The highest BCUT2D eigenvalue weighted by Gasteiger charge is 2.09. The monoisotopic (exact) mass is 563 g/mol. The smallest absolute Gasteiger partial charge is 0.253 e. The number of guanidine groups is 1. The number of nitrogens with one attached hydrogen (secondary N) is 3. The zero-order chi connectivity index (χ0) is 22.9. The average molecular weight is 563 g/mol. The van der Waals surface area contributed by atoms with Gasteiger partial charge in [0.15, 0.2) is 11.8 Å². The summed E-state index contributed by atoms with van der Waals surface area (Å²) in [5.74, 6) is 2.77. The maximum absolute atomic E-state index is 12.1. The molecule has 3 aromatic rings. The summed E-state index contributed by atoms with van der Waals surface area (Å²) in [7, 11) is 6.85. The second kappa shape index (κ2) is 12.8. The van der Waals surface area contributed by atoms with Crippen LogP contribution in [0.15, 0.2) is 53.5 Å². The molecular weight excluding hydrogens is 533 g/mol. The number of aromatic nitrogens is 3. The quantitative estimate of drug-likeness (QED) is 0.221. The van der Waals surface area contributed by atoms with Gasteiger partial charge in [-0.05, 0) is 48.4 Å². The van der Waals surface area contributed by atoms with Gasteiger partial charge in [0.1, 0.15) is 11.6 Å². The van der Waals surface area contributed by atoms with Crippen molar-refractivity contribution in [2.45, 2.75) is 13.0 Å². The van der Waals surface area contributed by atoms with E-state index in [9.17, 15) is 4.79 Å². The van der Waals surface area contributed by atoms with Gasteiger partial charge in [-0.3, -0.25) is 14.9 Å². The molecule has 3 rings (SSSR count). The van der Waals surface area contributed by atoms with Crippen LogP contribution >= 0.6 is 24.0 Å². The number of amides is 1. The Balaban J connectivity index is 0.00000385. The molecule has 0 saturated heterocycles. The fraction of sp³-hybridized carbons (Fsp3) is 0.304. The van der Waals surface area contributed by atoms with E-state index in [1.54, 1.807) is 33.2 Å². The number of benzene rings is 2. The van der Waals surface area contributed by atoms with Crippen molar-refractivity contribution in [3.8, 4) is 17.1 Å². The number of rotatable bonds is 8. The Bertz CT molecular complexity index is 1060. The van der Waals surface area contributed by atoms with Crippen LogP contribution in [0.5, 0.6) is 5.75 Å². The molecule has 1 amide bonds. The van der Waals surface area contributed by atoms with Gasteiger partial charge in [0.2, 0.25) is 0 Å². The Morgan fingerprint density at radius 3 is 2.58 bits per heavy atom. The van der Waals surface area contributed by atoms with Crippen LogP contribution < -0.4 is 15.4 Å². The Hall–Kier alpha value is -3.15. The van der Waals surface area contributed by atoms with E-state index in [-0.39, 0.29) is 29.9 Å². The number of aliphatic imine (C=N–C) groups is 1. The molecule has 0 bridgehead atoms. The topological polar surface area (TPSA) is 108 Å². The molecular formula is C23H30IN7O2. The van der Waals surface area contributed by atoms with Crippen molar-refractivity contribution in [1.82, 2.24) is 30.7 Å². The third-order valence-corrected chi connectivity index (χ3v) is 4.81. The first kappa shape index (κ1) is 26.1. The number of carbonyl (C=O) groups excluding carboxylic acids is 1. The SMILES string of the molecule is CN=C(NCCc1cccc(C(=O)N(C)C)c1)NCc1nc(-c2ccc(OC)cc2)n[nH]1.I. The summed E-state index contributed by atoms with van der Waals surface area (Å²) in [6.07, 6.45) is 0.763. The molecule has 0 saturated carbocycles. The first-order chi connectivity index (χ1) is 15.5. The van der Waals surface area contributed by atoms with Crippen LogP contribution in [-0.2, 0) is 13.0 Å². The molecule has 0 spiro atoms. The molecule has 0 aliphatic rings. The third-order valence-electron chi connectivity index (χ3n) is 4.81. The Morgan fingerprint density at radius 2 is 1.91 bits per heavy atom. The number of hydrogen-bond donors (Lipinski definition) is 3. The van der Waals surface area contributed by atoms with Gasteiger partial charge in [0.05, 0.1) is 13.7 Å². The predicted molar refractivity (Wildman–Crippen MR) is 140 cm³/mol. The number of nitrogens with zero attached hydrogens (tertiary/aromatic N) is 4. The molecule has 0 unspecified atom stereocenters. The third kappa shape index (κ3) is 7.45. The number of aromatic amines is 1. The van der Waals surface area contributed by atoms with Gasteiger partial charge in [0, 0.05) is 38.8 Å². The summed E-state index contributed by atoms with van der Waals surface area (Å²) in [6.45, 7) is 1.13. The van der Waals surface area contributed by atoms with Crippen LogP contribution in [0.4, 0.5) is 0 Å². The van der Waals surface area contributed by atoms with Crippen molar-refractivity contribution in [1.29, 1.82) is 0 Å². The highest BCUT2D eigenvalue weighted by atomic mass is 127. The predicted octanol–water partition coefficient (Wildman–Crippen LogP) is 2.71. The van der Waals surface area contributed by atoms with Gasteiger partial charge in [0.25, 0.3) is 5.91 Å². The molecule has 2 aromatic carbocycles. The second-order valence-electron chi connectivity index (χ2n) is 7.34. The maximum Gasteiger partial charge on any atom is 0.253 e. The minimum absolute atomic E-state index is 0. The van der Waals surface area contributed by atoms with Crippen molar-refractivity contribution < 1.29 is 9.53 Å². The lowest BCUT2D eigenvalue weighted by atomic mass is 10.1. The fourth-order valence-electron chi connectivity index (χ4n) is 3.07. The van der Waals surface area contributed by atoms with Crippen molar-refractivity contribution in [2.24, 2.45) is 4.99 Å². The van der Waals surface area contributed by atoms with Crippen molar-refractivity contribution in [3.63, 3.8) is 0 Å². The Morgan fingerprint density at radius 1 is 1.15 bits per heavy atom. The van der Waals surface area contributed by atoms with Crippen molar-refractivity contribution in [2.75, 3.05) is 34.8 Å². The normalized spacial score (nSPS) is 10.8. The molecule has 1 aromatic heterocycles. The molecule has 0 atom stereocenters. The molecule has 176 valence electrons. The zero-order valence-corrected chi connectivity index (χ0v) is 21.6. The molecule has 1 heterocycles. The number of H-pyrrole nitrogens is 1. The Kier molecular flexibility index (Phi) is 10.1. The molecule has 33 heavy (non-hydrogen) atoms. The van der Waals surface area contributed by atoms with Gasteiger partial charge in [-0.25, -0.2) is 4.98 Å². The largest absolute Gasteiger partial charge is 0.497 e. The van der Waals surface area contributed by atoms with Crippen LogP contribution in [0.3, 0.4) is 0 Å². The highest BCUT2D eigenvalue weighted by molar-refractivity contribution is 14.0. The second-order valence-corrected chi connectivity index (χ2v) is 7.34. The molecule has 9 nitrogen and oxygen atoms in total. The standard InChI is InChI=1S/C23H29N7O2.HI/c1-24-23(25-13-12-16-6-5-7-18(14-16)22(31)30(2)3)26-15-20-27-21(29-28-20)17-8-10-19(32-4)11-9-17;/h5-11,14H,12-13,15H2,1-4H3,(H2,24,25,26)(H,27,28,29);1H. The average Bonchev–Trinajstić information content (AvgIpc) is 3.30. The number of methoxy groups -OCH3 is 1. The number of ether oxygens (including phenoxy) is 1. The Labute approximate surface area is 211 Å². The zero-order valence-electron chi connectivity index (χ0n) is 19.3. The van der Waals surface area contributed by atoms with Crippen LogP contribution in [0, 0.1) is 0 Å². The minimum Gasteiger partial charge on any atom is -0.497 e. The lowest BCUT2D eigenvalue weighted by molar-refractivity contribution is 0.0827. The van der Waals surface area contributed by atoms with E-state index in [0.29, 0.717) is 36.3 Å². The van der Waals surface area contributed by atoms with Crippen LogP contribution in [-0.4, -0.2) is 66.7 Å². The number of halogens is 1. The first-order valence-electron chi connectivity index (χ1n) is 10.3. The maximum atomic E-state index is 12.1. The summed E-state index contributed by atoms with van der Waals surface area (Å²) in [5.41, 5.74) is 2.68. The summed E-state index contributed by atoms with van der Waals surface area (Å²) in [5, 5.41) is 13.7. The number of carbonyl (C=O) groups is 1. The fourth-order valence-corrected chi connectivity index (χ4v) is 3.07. The first-order valence-corrected chi connectivity index (χ1v) is 10.3. The van der Waals surface area contributed by atoms with Crippen LogP contribution in [0.1, 0.15) is 21.7 Å². The van der Waals surface area contributed by atoms with Crippen molar-refractivity contribution >= 4 is 35.8 Å². The molecule has 0 aliphatic heterocycles. The van der Waals surface area contributed by atoms with E-state index in [4.69, 9.17) is 4.74 Å². The summed E-state index contributed by atoms with van der Waals surface area (Å²) in [6, 6.07) is 15.3. The van der Waals surface area contributed by atoms with Crippen LogP contribution in [0.25, 0.3) is 11.4 Å². The van der Waals surface area contributed by atoms with E-state index in [1.165, 1.54) is 0 Å². The van der Waals surface area contributed by atoms with E-state index in [0.717, 1.165) is 23.3 Å². The van der Waals surface area contributed by atoms with Gasteiger partial charge in [-0.15, -0.1) is 24.0 Å². The number of hydrogen-bond acceptors (Lipinski definition) is 5. The minimum atomic E-state index is -0.00153. The summed E-state index contributed by atoms with van der Waals surface area (Å²) >= 11 is 0. The lowest BCUT2D eigenvalue weighted by Crippen LogP contribution is -2.38. The molecule has 0 fully saturated rings. The van der Waals surface area contributed by atoms with E-state index in [1.807, 2.05) is 48.5 Å². The molecule has 10 heteroatoms. The van der Waals surface area contributed by atoms with E-state index < -0.39 is 0 Å². The van der Waals surface area contributed by atoms with E-state index in [2.05, 4.69) is 30.8 Å². The van der Waals surface area contributed by atoms with Gasteiger partial charge in [-0.2, -0.15) is 5.10 Å². The summed E-state index contributed by atoms with van der Waals surface area (Å²) < 4.78 is 5.18. The van der Waals surface area contributed by atoms with Crippen LogP contribution in [0.2, 0.25) is 0 Å². The molecule has 0 radical (unpaired) electrons. The molecule has 3 N–H and O–H groups in total.